The zero-order valence-corrected chi connectivity index (χ0v) is 17.4. The number of rotatable bonds is 8. The van der Waals surface area contributed by atoms with Crippen molar-refractivity contribution in [1.29, 1.82) is 0 Å². The Morgan fingerprint density at radius 2 is 1.69 bits per heavy atom. The minimum absolute atomic E-state index is 0.358. The second kappa shape index (κ2) is 9.24. The fraction of sp³-hybridized carbons (Fsp3) is 0.250. The average molecular weight is 414 g/mol. The highest BCUT2D eigenvalue weighted by atomic mass is 32.1. The molecule has 0 radical (unpaired) electrons. The van der Waals surface area contributed by atoms with E-state index in [1.165, 1.54) is 4.68 Å². The first-order valence-electron chi connectivity index (χ1n) is 8.86. The van der Waals surface area contributed by atoms with E-state index in [0.29, 0.717) is 40.0 Å². The lowest BCUT2D eigenvalue weighted by Crippen LogP contribution is -2.00. The summed E-state index contributed by atoms with van der Waals surface area (Å²) in [4.78, 5) is 0. The van der Waals surface area contributed by atoms with Crippen LogP contribution < -0.4 is 18.9 Å². The number of benzene rings is 2. The topological polar surface area (TPSA) is 82.9 Å². The molecule has 0 fully saturated rings. The quantitative estimate of drug-likeness (QED) is 0.444. The third-order valence-corrected chi connectivity index (χ3v) is 4.39. The van der Waals surface area contributed by atoms with E-state index in [2.05, 4.69) is 15.3 Å². The number of nitrogens with zero attached hydrogens (tertiary/aromatic N) is 3. The Morgan fingerprint density at radius 1 is 1.03 bits per heavy atom. The van der Waals surface area contributed by atoms with Crippen LogP contribution in [0.4, 0.5) is 0 Å². The minimum Gasteiger partial charge on any atom is -0.496 e. The second-order valence-electron chi connectivity index (χ2n) is 5.81. The summed E-state index contributed by atoms with van der Waals surface area (Å²) in [6.07, 6.45) is 1.61. The summed E-state index contributed by atoms with van der Waals surface area (Å²) in [5.41, 5.74) is 1.49. The first kappa shape index (κ1) is 20.4. The van der Waals surface area contributed by atoms with Crippen molar-refractivity contribution in [1.82, 2.24) is 14.9 Å². The third kappa shape index (κ3) is 4.40. The molecule has 152 valence electrons. The van der Waals surface area contributed by atoms with Crippen LogP contribution in [-0.2, 0) is 0 Å². The number of hydrogen-bond donors (Lipinski definition) is 1. The maximum atomic E-state index is 5.48. The van der Waals surface area contributed by atoms with Crippen molar-refractivity contribution < 1.29 is 18.9 Å². The van der Waals surface area contributed by atoms with E-state index in [-0.39, 0.29) is 0 Å². The smallest absolute Gasteiger partial charge is 0.216 e. The van der Waals surface area contributed by atoms with Crippen molar-refractivity contribution in [2.75, 3.05) is 27.9 Å². The predicted molar refractivity (Wildman–Crippen MR) is 113 cm³/mol. The molecular formula is C20H22N4O4S. The molecule has 2 aromatic carbocycles. The number of hydrogen-bond acceptors (Lipinski definition) is 7. The number of aromatic nitrogens is 3. The van der Waals surface area contributed by atoms with Crippen molar-refractivity contribution in [2.24, 2.45) is 5.10 Å². The van der Waals surface area contributed by atoms with Crippen molar-refractivity contribution in [3.63, 3.8) is 0 Å². The molecule has 0 aliphatic carbocycles. The monoisotopic (exact) mass is 414 g/mol. The van der Waals surface area contributed by atoms with Gasteiger partial charge in [0.25, 0.3) is 0 Å². The van der Waals surface area contributed by atoms with Crippen LogP contribution in [0.15, 0.2) is 41.5 Å². The van der Waals surface area contributed by atoms with E-state index < -0.39 is 0 Å². The summed E-state index contributed by atoms with van der Waals surface area (Å²) in [7, 11) is 4.72. The summed E-state index contributed by atoms with van der Waals surface area (Å²) in [5.74, 6) is 3.09. The van der Waals surface area contributed by atoms with E-state index in [9.17, 15) is 0 Å². The van der Waals surface area contributed by atoms with Gasteiger partial charge < -0.3 is 18.9 Å². The lowest BCUT2D eigenvalue weighted by atomic mass is 10.2. The Hall–Kier alpha value is -3.33. The van der Waals surface area contributed by atoms with Gasteiger partial charge in [0, 0.05) is 17.7 Å². The molecule has 0 aliphatic rings. The lowest BCUT2D eigenvalue weighted by Gasteiger charge is -2.12. The van der Waals surface area contributed by atoms with Gasteiger partial charge in [0.1, 0.15) is 23.0 Å². The van der Waals surface area contributed by atoms with E-state index in [1.54, 1.807) is 39.7 Å². The summed E-state index contributed by atoms with van der Waals surface area (Å²) in [6.45, 7) is 2.55. The number of H-pyrrole nitrogens is 1. The van der Waals surface area contributed by atoms with Crippen molar-refractivity contribution in [2.45, 2.75) is 6.92 Å². The molecule has 29 heavy (non-hydrogen) atoms. The molecule has 0 atom stereocenters. The molecule has 1 N–H and O–H groups in total. The Labute approximate surface area is 173 Å². The zero-order chi connectivity index (χ0) is 20.8. The van der Waals surface area contributed by atoms with Crippen LogP contribution in [0.3, 0.4) is 0 Å². The zero-order valence-electron chi connectivity index (χ0n) is 16.6. The summed E-state index contributed by atoms with van der Waals surface area (Å²) >= 11 is 5.34. The molecule has 1 heterocycles. The van der Waals surface area contributed by atoms with Gasteiger partial charge >= 0.3 is 0 Å². The maximum absolute atomic E-state index is 5.48. The number of aromatic amines is 1. The molecule has 0 unspecified atom stereocenters. The summed E-state index contributed by atoms with van der Waals surface area (Å²) < 4.78 is 23.6. The fourth-order valence-corrected chi connectivity index (χ4v) is 2.91. The second-order valence-corrected chi connectivity index (χ2v) is 6.20. The lowest BCUT2D eigenvalue weighted by molar-refractivity contribution is 0.340. The number of ether oxygens (including phenoxy) is 4. The molecule has 3 rings (SSSR count). The van der Waals surface area contributed by atoms with Gasteiger partial charge in [0.05, 0.1) is 39.7 Å². The van der Waals surface area contributed by atoms with Crippen LogP contribution >= 0.6 is 12.2 Å². The Kier molecular flexibility index (Phi) is 6.50. The average Bonchev–Trinajstić information content (AvgIpc) is 3.12. The van der Waals surface area contributed by atoms with E-state index >= 15 is 0 Å². The molecule has 1 aromatic heterocycles. The van der Waals surface area contributed by atoms with Gasteiger partial charge in [-0.15, -0.1) is 0 Å². The SMILES string of the molecule is CCOc1ccc(-c2n[nH]c(=S)n2/N=C\c2c(OC)cc(OC)cc2OC)cc1. The van der Waals surface area contributed by atoms with Crippen LogP contribution in [-0.4, -0.2) is 49.0 Å². The van der Waals surface area contributed by atoms with Gasteiger partial charge in [-0.25, -0.2) is 5.10 Å². The first-order valence-corrected chi connectivity index (χ1v) is 9.27. The number of nitrogens with one attached hydrogen (secondary N) is 1. The molecule has 8 nitrogen and oxygen atoms in total. The van der Waals surface area contributed by atoms with Gasteiger partial charge in [0.15, 0.2) is 5.82 Å². The van der Waals surface area contributed by atoms with Crippen molar-refractivity contribution >= 4 is 18.4 Å². The molecule has 0 aliphatic heterocycles. The highest BCUT2D eigenvalue weighted by Gasteiger charge is 2.13. The molecule has 0 spiro atoms. The Morgan fingerprint density at radius 3 is 2.24 bits per heavy atom. The van der Waals surface area contributed by atoms with Crippen molar-refractivity contribution in [3.05, 3.63) is 46.7 Å². The first-order chi connectivity index (χ1) is 14.1. The van der Waals surface area contributed by atoms with Crippen LogP contribution in [0, 0.1) is 4.77 Å². The van der Waals surface area contributed by atoms with Crippen LogP contribution in [0.5, 0.6) is 23.0 Å². The molecule has 0 bridgehead atoms. The summed E-state index contributed by atoms with van der Waals surface area (Å²) in [6, 6.07) is 11.1. The molecule has 0 saturated carbocycles. The fourth-order valence-electron chi connectivity index (χ4n) is 2.73. The van der Waals surface area contributed by atoms with Gasteiger partial charge in [-0.3, -0.25) is 0 Å². The normalized spacial score (nSPS) is 10.9. The predicted octanol–water partition coefficient (Wildman–Crippen LogP) is 3.91. The van der Waals surface area contributed by atoms with Gasteiger partial charge in [-0.2, -0.15) is 14.9 Å². The van der Waals surface area contributed by atoms with Crippen LogP contribution in [0.2, 0.25) is 0 Å². The van der Waals surface area contributed by atoms with E-state index in [0.717, 1.165) is 11.3 Å². The molecule has 0 saturated heterocycles. The third-order valence-electron chi connectivity index (χ3n) is 4.13. The molecular weight excluding hydrogens is 392 g/mol. The summed E-state index contributed by atoms with van der Waals surface area (Å²) in [5, 5.41) is 11.6. The molecule has 0 amide bonds. The number of methoxy groups -OCH3 is 3. The Balaban J connectivity index is 2.01. The van der Waals surface area contributed by atoms with E-state index in [4.69, 9.17) is 31.2 Å². The van der Waals surface area contributed by atoms with Crippen LogP contribution in [0.25, 0.3) is 11.4 Å². The standard InChI is InChI=1S/C20H22N4O4S/c1-5-28-14-8-6-13(7-9-14)19-22-23-20(29)24(19)21-12-16-17(26-3)10-15(25-2)11-18(16)27-4/h6-12H,5H2,1-4H3,(H,23,29)/b21-12-. The molecule has 9 heteroatoms. The maximum Gasteiger partial charge on any atom is 0.216 e. The minimum atomic E-state index is 0.358. The van der Waals surface area contributed by atoms with Crippen molar-refractivity contribution in [3.8, 4) is 34.4 Å². The Bertz CT molecular complexity index is 1030. The van der Waals surface area contributed by atoms with E-state index in [1.807, 2.05) is 31.2 Å². The van der Waals surface area contributed by atoms with Gasteiger partial charge in [-0.05, 0) is 43.4 Å². The largest absolute Gasteiger partial charge is 0.496 e. The van der Waals surface area contributed by atoms with Crippen LogP contribution in [0.1, 0.15) is 12.5 Å². The van der Waals surface area contributed by atoms with Gasteiger partial charge in [-0.1, -0.05) is 0 Å². The highest BCUT2D eigenvalue weighted by Crippen LogP contribution is 2.32. The molecule has 3 aromatic rings. The highest BCUT2D eigenvalue weighted by molar-refractivity contribution is 7.71. The van der Waals surface area contributed by atoms with Gasteiger partial charge in [0.2, 0.25) is 4.77 Å².